The van der Waals surface area contributed by atoms with Gasteiger partial charge < -0.3 is 15.3 Å². The topological polar surface area (TPSA) is 77.8 Å². The van der Waals surface area contributed by atoms with Crippen molar-refractivity contribution in [1.29, 1.82) is 0 Å². The molecule has 0 aliphatic rings. The largest absolute Gasteiger partial charge is 0.504 e. The highest BCUT2D eigenvalue weighted by Crippen LogP contribution is 2.37. The molecule has 0 atom stereocenters. The van der Waals surface area contributed by atoms with Crippen molar-refractivity contribution in [2.24, 2.45) is 0 Å². The van der Waals surface area contributed by atoms with E-state index in [1.807, 2.05) is 30.3 Å². The van der Waals surface area contributed by atoms with Crippen LogP contribution in [0, 0.1) is 0 Å². The molecule has 0 aliphatic heterocycles. The maximum absolute atomic E-state index is 10.2. The fourth-order valence-corrected chi connectivity index (χ4v) is 3.37. The van der Waals surface area contributed by atoms with Gasteiger partial charge in [-0.05, 0) is 29.9 Å². The van der Waals surface area contributed by atoms with E-state index >= 15 is 0 Å². The maximum Gasteiger partial charge on any atom is 0.290 e. The first-order valence-electron chi connectivity index (χ1n) is 10.2. The van der Waals surface area contributed by atoms with Crippen molar-refractivity contribution in [2.75, 3.05) is 0 Å². The number of aryl methyl sites for hydroxylation is 1. The number of carbonyl (C=O) groups is 1. The van der Waals surface area contributed by atoms with Crippen molar-refractivity contribution in [2.45, 2.75) is 77.6 Å². The van der Waals surface area contributed by atoms with Crippen LogP contribution in [0.1, 0.15) is 76.7 Å². The van der Waals surface area contributed by atoms with Crippen LogP contribution in [-0.4, -0.2) is 21.8 Å². The third-order valence-electron chi connectivity index (χ3n) is 4.87. The van der Waals surface area contributed by atoms with Gasteiger partial charge in [-0.3, -0.25) is 4.79 Å². The van der Waals surface area contributed by atoms with E-state index in [-0.39, 0.29) is 18.0 Å². The zero-order chi connectivity index (χ0) is 19.9. The molecule has 0 aromatic heterocycles. The van der Waals surface area contributed by atoms with E-state index in [4.69, 9.17) is 9.90 Å². The molecule has 4 heteroatoms. The van der Waals surface area contributed by atoms with E-state index in [1.165, 1.54) is 57.8 Å². The first-order valence-corrected chi connectivity index (χ1v) is 10.2. The maximum atomic E-state index is 10.2. The minimum absolute atomic E-state index is 0.0233. The van der Waals surface area contributed by atoms with Crippen molar-refractivity contribution in [3.63, 3.8) is 0 Å². The van der Waals surface area contributed by atoms with E-state index < -0.39 is 0 Å². The summed E-state index contributed by atoms with van der Waals surface area (Å²) in [5.74, 6) is 0.0832. The van der Waals surface area contributed by atoms with Gasteiger partial charge in [0.05, 0.1) is 0 Å². The van der Waals surface area contributed by atoms with E-state index in [1.54, 1.807) is 0 Å². The molecule has 0 unspecified atom stereocenters. The Morgan fingerprint density at radius 3 is 1.93 bits per heavy atom. The number of benzene rings is 2. The lowest BCUT2D eigenvalue weighted by atomic mass is 9.99. The van der Waals surface area contributed by atoms with Crippen molar-refractivity contribution < 1.29 is 20.1 Å². The zero-order valence-electron chi connectivity index (χ0n) is 16.5. The highest BCUT2D eigenvalue weighted by molar-refractivity contribution is 5.91. The van der Waals surface area contributed by atoms with E-state index in [9.17, 15) is 10.2 Å². The monoisotopic (exact) mass is 374 g/mol. The van der Waals surface area contributed by atoms with E-state index in [0.717, 1.165) is 29.2 Å². The predicted molar refractivity (Wildman–Crippen MR) is 112 cm³/mol. The molecule has 2 rings (SSSR count). The third-order valence-corrected chi connectivity index (χ3v) is 4.87. The number of hydrogen-bond donors (Lipinski definition) is 3. The van der Waals surface area contributed by atoms with Crippen LogP contribution < -0.4 is 0 Å². The Morgan fingerprint density at radius 1 is 0.815 bits per heavy atom. The second-order valence-corrected chi connectivity index (χ2v) is 6.99. The summed E-state index contributed by atoms with van der Waals surface area (Å²) < 4.78 is 0. The minimum Gasteiger partial charge on any atom is -0.504 e. The lowest BCUT2D eigenvalue weighted by Gasteiger charge is -2.10. The number of phenols is 2. The molecule has 4 nitrogen and oxygen atoms in total. The van der Waals surface area contributed by atoms with Crippen LogP contribution in [0.2, 0.25) is 0 Å². The van der Waals surface area contributed by atoms with Crippen LogP contribution in [0.4, 0.5) is 0 Å². The van der Waals surface area contributed by atoms with Gasteiger partial charge in [-0.15, -0.1) is 0 Å². The van der Waals surface area contributed by atoms with E-state index in [0.29, 0.717) is 0 Å². The highest BCUT2D eigenvalue weighted by atomic mass is 16.3. The normalized spacial score (nSPS) is 10.4. The highest BCUT2D eigenvalue weighted by Gasteiger charge is 2.11. The fourth-order valence-electron chi connectivity index (χ4n) is 3.37. The Bertz CT molecular complexity index is 667. The Morgan fingerprint density at radius 2 is 1.33 bits per heavy atom. The van der Waals surface area contributed by atoms with Gasteiger partial charge in [-0.25, -0.2) is 0 Å². The summed E-state index contributed by atoms with van der Waals surface area (Å²) in [6.07, 6.45) is 13.9. The summed E-state index contributed by atoms with van der Waals surface area (Å²) in [7, 11) is 0. The predicted octanol–water partition coefficient (Wildman–Crippen LogP) is 6.42. The van der Waals surface area contributed by atoms with Crippen LogP contribution in [0.5, 0.6) is 11.5 Å². The average Bonchev–Trinajstić information content (AvgIpc) is 2.67. The van der Waals surface area contributed by atoms with E-state index in [2.05, 4.69) is 6.92 Å². The van der Waals surface area contributed by atoms with Gasteiger partial charge >= 0.3 is 0 Å². The molecule has 150 valence electrons. The molecule has 0 amide bonds. The van der Waals surface area contributed by atoms with Crippen LogP contribution in [-0.2, 0) is 11.2 Å². The number of rotatable bonds is 11. The Kier molecular flexibility index (Phi) is 11.7. The van der Waals surface area contributed by atoms with Crippen LogP contribution in [0.25, 0.3) is 10.8 Å². The lowest BCUT2D eigenvalue weighted by Crippen LogP contribution is -1.89. The molecular formula is C23H34O4. The molecule has 0 bridgehead atoms. The average molecular weight is 375 g/mol. The standard InChI is InChI=1S/C22H32O2.CH2O2/c1-2-3-4-5-6-7-8-9-10-11-15-19-17-18-14-12-13-16-20(18)22(24)21(19)23;2-1-3/h12-14,16-17,23-24H,2-11,15H2,1H3;1H,(H,2,3). The third kappa shape index (κ3) is 8.33. The molecule has 0 fully saturated rings. The number of carboxylic acid groups (broad SMARTS) is 1. The van der Waals surface area contributed by atoms with Gasteiger partial charge in [0.15, 0.2) is 11.5 Å². The van der Waals surface area contributed by atoms with Crippen molar-refractivity contribution >= 4 is 17.2 Å². The van der Waals surface area contributed by atoms with Gasteiger partial charge in [0.25, 0.3) is 6.47 Å². The summed E-state index contributed by atoms with van der Waals surface area (Å²) in [4.78, 5) is 8.36. The van der Waals surface area contributed by atoms with Crippen LogP contribution in [0.15, 0.2) is 30.3 Å². The van der Waals surface area contributed by atoms with Gasteiger partial charge in [-0.2, -0.15) is 0 Å². The number of fused-ring (bicyclic) bond motifs is 1. The number of unbranched alkanes of at least 4 members (excludes halogenated alkanes) is 9. The second-order valence-electron chi connectivity index (χ2n) is 6.99. The van der Waals surface area contributed by atoms with Crippen LogP contribution in [0.3, 0.4) is 0 Å². The lowest BCUT2D eigenvalue weighted by molar-refractivity contribution is -0.122. The fraction of sp³-hybridized carbons (Fsp3) is 0.522. The number of hydrogen-bond acceptors (Lipinski definition) is 3. The molecule has 0 saturated heterocycles. The Balaban J connectivity index is 0.00000114. The molecule has 3 N–H and O–H groups in total. The van der Waals surface area contributed by atoms with Gasteiger partial charge in [0.2, 0.25) is 0 Å². The molecular weight excluding hydrogens is 340 g/mol. The van der Waals surface area contributed by atoms with Gasteiger partial charge in [0.1, 0.15) is 0 Å². The van der Waals surface area contributed by atoms with Crippen molar-refractivity contribution in [1.82, 2.24) is 0 Å². The summed E-state index contributed by atoms with van der Waals surface area (Å²) >= 11 is 0. The smallest absolute Gasteiger partial charge is 0.290 e. The zero-order valence-corrected chi connectivity index (χ0v) is 16.5. The van der Waals surface area contributed by atoms with Crippen molar-refractivity contribution in [3.05, 3.63) is 35.9 Å². The SMILES string of the molecule is CCCCCCCCCCCCc1cc2ccccc2c(O)c1O.O=CO. The number of phenolic OH excluding ortho intramolecular Hbond substituents is 2. The first kappa shape index (κ1) is 22.8. The summed E-state index contributed by atoms with van der Waals surface area (Å²) in [5.41, 5.74) is 0.866. The summed E-state index contributed by atoms with van der Waals surface area (Å²) in [6, 6.07) is 9.68. The molecule has 0 aliphatic carbocycles. The Labute approximate surface area is 162 Å². The molecule has 2 aromatic rings. The first-order chi connectivity index (χ1) is 13.2. The molecule has 0 spiro atoms. The van der Waals surface area contributed by atoms with Crippen molar-refractivity contribution in [3.8, 4) is 11.5 Å². The molecule has 0 saturated carbocycles. The quantitative estimate of drug-likeness (QED) is 0.241. The molecule has 0 radical (unpaired) electrons. The number of aromatic hydroxyl groups is 2. The molecule has 2 aromatic carbocycles. The molecule has 27 heavy (non-hydrogen) atoms. The molecule has 0 heterocycles. The van der Waals surface area contributed by atoms with Gasteiger partial charge in [0, 0.05) is 5.39 Å². The summed E-state index contributed by atoms with van der Waals surface area (Å²) in [5, 5.41) is 28.9. The minimum atomic E-state index is -0.250. The Hall–Kier alpha value is -2.23. The summed E-state index contributed by atoms with van der Waals surface area (Å²) in [6.45, 7) is 2.01. The van der Waals surface area contributed by atoms with Crippen LogP contribution >= 0.6 is 0 Å². The van der Waals surface area contributed by atoms with Gasteiger partial charge in [-0.1, -0.05) is 89.0 Å². The second kappa shape index (κ2) is 13.9.